The van der Waals surface area contributed by atoms with Gasteiger partial charge in [-0.1, -0.05) is 30.3 Å². The third-order valence-corrected chi connectivity index (χ3v) is 3.98. The minimum absolute atomic E-state index is 0.0158. The van der Waals surface area contributed by atoms with Gasteiger partial charge in [-0.3, -0.25) is 4.79 Å². The van der Waals surface area contributed by atoms with Crippen LogP contribution in [-0.2, 0) is 7.05 Å². The minimum atomic E-state index is -1.13. The molecule has 0 fully saturated rings. The lowest BCUT2D eigenvalue weighted by Gasteiger charge is -2.11. The molecule has 1 N–H and O–H groups in total. The van der Waals surface area contributed by atoms with Crippen molar-refractivity contribution in [3.63, 3.8) is 0 Å². The average molecular weight is 286 g/mol. The number of thiazole rings is 1. The number of carboxylic acids is 1. The molecule has 0 unspecified atom stereocenters. The van der Waals surface area contributed by atoms with E-state index >= 15 is 0 Å². The van der Waals surface area contributed by atoms with E-state index in [-0.39, 0.29) is 5.69 Å². The van der Waals surface area contributed by atoms with Gasteiger partial charge in [-0.2, -0.15) is 0 Å². The molecule has 2 aromatic heterocycles. The maximum atomic E-state index is 12.1. The van der Waals surface area contributed by atoms with Gasteiger partial charge in [0.05, 0.1) is 10.2 Å². The number of benzene rings is 1. The third kappa shape index (κ3) is 1.73. The van der Waals surface area contributed by atoms with E-state index in [9.17, 15) is 14.7 Å². The van der Waals surface area contributed by atoms with Gasteiger partial charge in [0.2, 0.25) is 0 Å². The van der Waals surface area contributed by atoms with Crippen LogP contribution in [0, 0.1) is 0 Å². The topological polar surface area (TPSA) is 72.2 Å². The monoisotopic (exact) mass is 286 g/mol. The first kappa shape index (κ1) is 12.6. The summed E-state index contributed by atoms with van der Waals surface area (Å²) in [6.45, 7) is 0. The smallest absolute Gasteiger partial charge is 0.353 e. The van der Waals surface area contributed by atoms with Gasteiger partial charge in [0, 0.05) is 12.6 Å². The van der Waals surface area contributed by atoms with Crippen LogP contribution in [0.2, 0.25) is 0 Å². The van der Waals surface area contributed by atoms with E-state index in [0.717, 1.165) is 10.1 Å². The number of rotatable bonds is 2. The fourth-order valence-electron chi connectivity index (χ4n) is 2.23. The number of carboxylic acid groups (broad SMARTS) is 1. The number of hydrogen-bond acceptors (Lipinski definition) is 4. The zero-order valence-corrected chi connectivity index (χ0v) is 11.3. The number of aromatic nitrogens is 2. The molecule has 0 radical (unpaired) electrons. The van der Waals surface area contributed by atoms with Crippen LogP contribution in [0.5, 0.6) is 0 Å². The van der Waals surface area contributed by atoms with Crippen molar-refractivity contribution in [1.82, 2.24) is 9.55 Å². The van der Waals surface area contributed by atoms with Crippen molar-refractivity contribution in [1.29, 1.82) is 0 Å². The number of nitrogens with zero attached hydrogens (tertiary/aromatic N) is 2. The molecule has 3 aromatic rings. The molecule has 100 valence electrons. The molecule has 3 rings (SSSR count). The van der Waals surface area contributed by atoms with Crippen LogP contribution in [0.3, 0.4) is 0 Å². The summed E-state index contributed by atoms with van der Waals surface area (Å²) in [7, 11) is 1.46. The number of hydrogen-bond donors (Lipinski definition) is 1. The Morgan fingerprint density at radius 2 is 2.00 bits per heavy atom. The van der Waals surface area contributed by atoms with E-state index in [1.807, 2.05) is 30.3 Å². The molecule has 5 nitrogen and oxygen atoms in total. The second-order valence-electron chi connectivity index (χ2n) is 4.29. The Balaban J connectivity index is 2.55. The van der Waals surface area contributed by atoms with Crippen LogP contribution in [0.1, 0.15) is 10.5 Å². The summed E-state index contributed by atoms with van der Waals surface area (Å²) < 4.78 is 1.75. The van der Waals surface area contributed by atoms with Crippen molar-refractivity contribution in [3.8, 4) is 11.1 Å². The summed E-state index contributed by atoms with van der Waals surface area (Å²) in [5.74, 6) is -1.13. The second kappa shape index (κ2) is 4.57. The zero-order chi connectivity index (χ0) is 14.3. The Labute approximate surface area is 117 Å². The predicted octanol–water partition coefficient (Wildman–Crippen LogP) is 2.36. The van der Waals surface area contributed by atoms with Crippen LogP contribution in [0.25, 0.3) is 21.3 Å². The highest BCUT2D eigenvalue weighted by atomic mass is 32.1. The zero-order valence-electron chi connectivity index (χ0n) is 10.5. The van der Waals surface area contributed by atoms with E-state index in [0.29, 0.717) is 15.8 Å². The van der Waals surface area contributed by atoms with Crippen LogP contribution in [-0.4, -0.2) is 20.6 Å². The first-order valence-electron chi connectivity index (χ1n) is 5.86. The number of fused-ring (bicyclic) bond motifs is 1. The van der Waals surface area contributed by atoms with Gasteiger partial charge in [-0.05, 0) is 5.56 Å². The highest BCUT2D eigenvalue weighted by Crippen LogP contribution is 2.32. The van der Waals surface area contributed by atoms with E-state index in [1.54, 1.807) is 5.51 Å². The standard InChI is InChI=1S/C14H10N2O3S/c1-16-11(14(18)19)9(8-5-3-2-4-6-8)12-10(13(16)17)15-7-20-12/h2-7H,1H3,(H,18,19). The van der Waals surface area contributed by atoms with E-state index < -0.39 is 11.5 Å². The largest absolute Gasteiger partial charge is 0.477 e. The molecule has 0 spiro atoms. The molecule has 0 saturated carbocycles. The van der Waals surface area contributed by atoms with Crippen LogP contribution >= 0.6 is 11.3 Å². The maximum Gasteiger partial charge on any atom is 0.353 e. The van der Waals surface area contributed by atoms with Crippen molar-refractivity contribution >= 4 is 27.5 Å². The van der Waals surface area contributed by atoms with Gasteiger partial charge in [-0.15, -0.1) is 11.3 Å². The Hall–Kier alpha value is -2.47. The quantitative estimate of drug-likeness (QED) is 0.785. The van der Waals surface area contributed by atoms with Crippen molar-refractivity contribution in [3.05, 3.63) is 51.9 Å². The SMILES string of the molecule is Cn1c(C(=O)O)c(-c2ccccc2)c2scnc2c1=O. The van der Waals surface area contributed by atoms with Crippen molar-refractivity contribution in [2.45, 2.75) is 0 Å². The highest BCUT2D eigenvalue weighted by Gasteiger charge is 2.22. The summed E-state index contributed by atoms with van der Waals surface area (Å²) >= 11 is 1.28. The molecule has 6 heteroatoms. The first-order valence-corrected chi connectivity index (χ1v) is 6.74. The van der Waals surface area contributed by atoms with Crippen LogP contribution in [0.4, 0.5) is 0 Å². The molecule has 0 aliphatic carbocycles. The summed E-state index contributed by atoms with van der Waals surface area (Å²) in [6, 6.07) is 9.17. The highest BCUT2D eigenvalue weighted by molar-refractivity contribution is 7.17. The number of pyridine rings is 1. The molecule has 0 saturated heterocycles. The Bertz CT molecular complexity index is 865. The molecule has 1 aromatic carbocycles. The van der Waals surface area contributed by atoms with Gasteiger partial charge in [0.25, 0.3) is 5.56 Å². The lowest BCUT2D eigenvalue weighted by molar-refractivity contribution is 0.0686. The van der Waals surface area contributed by atoms with E-state index in [4.69, 9.17) is 0 Å². The molecule has 20 heavy (non-hydrogen) atoms. The van der Waals surface area contributed by atoms with Crippen LogP contribution in [0.15, 0.2) is 40.6 Å². The molecule has 0 amide bonds. The average Bonchev–Trinajstić information content (AvgIpc) is 2.92. The van der Waals surface area contributed by atoms with Crippen molar-refractivity contribution in [2.75, 3.05) is 0 Å². The number of carbonyl (C=O) groups is 1. The van der Waals surface area contributed by atoms with Crippen LogP contribution < -0.4 is 5.56 Å². The van der Waals surface area contributed by atoms with E-state index in [2.05, 4.69) is 4.98 Å². The second-order valence-corrected chi connectivity index (χ2v) is 5.14. The molecule has 0 aliphatic rings. The number of aromatic carboxylic acids is 1. The molecule has 2 heterocycles. The molecular weight excluding hydrogens is 276 g/mol. The Morgan fingerprint density at radius 1 is 1.30 bits per heavy atom. The predicted molar refractivity (Wildman–Crippen MR) is 77.3 cm³/mol. The summed E-state index contributed by atoms with van der Waals surface area (Å²) in [6.07, 6.45) is 0. The summed E-state index contributed by atoms with van der Waals surface area (Å²) in [5.41, 5.74) is 2.76. The van der Waals surface area contributed by atoms with Gasteiger partial charge in [-0.25, -0.2) is 9.78 Å². The van der Waals surface area contributed by atoms with Crippen molar-refractivity contribution in [2.24, 2.45) is 7.05 Å². The Morgan fingerprint density at radius 3 is 2.65 bits per heavy atom. The summed E-state index contributed by atoms with van der Waals surface area (Å²) in [5, 5.41) is 9.45. The molecule has 0 atom stereocenters. The maximum absolute atomic E-state index is 12.1. The normalized spacial score (nSPS) is 10.8. The van der Waals surface area contributed by atoms with Gasteiger partial charge in [0.1, 0.15) is 11.2 Å². The first-order chi connectivity index (χ1) is 9.61. The van der Waals surface area contributed by atoms with E-state index in [1.165, 1.54) is 18.4 Å². The fraction of sp³-hybridized carbons (Fsp3) is 0.0714. The lowest BCUT2D eigenvalue weighted by Crippen LogP contribution is -2.24. The summed E-state index contributed by atoms with van der Waals surface area (Å²) in [4.78, 5) is 27.8. The molecule has 0 aliphatic heterocycles. The Kier molecular flexibility index (Phi) is 2.87. The lowest BCUT2D eigenvalue weighted by atomic mass is 10.0. The van der Waals surface area contributed by atoms with Gasteiger partial charge < -0.3 is 9.67 Å². The van der Waals surface area contributed by atoms with Gasteiger partial charge >= 0.3 is 5.97 Å². The third-order valence-electron chi connectivity index (χ3n) is 3.14. The van der Waals surface area contributed by atoms with Crippen molar-refractivity contribution < 1.29 is 9.90 Å². The molecular formula is C14H10N2O3S. The fourth-order valence-corrected chi connectivity index (χ4v) is 3.08. The molecule has 0 bridgehead atoms. The minimum Gasteiger partial charge on any atom is -0.477 e. The van der Waals surface area contributed by atoms with Gasteiger partial charge in [0.15, 0.2) is 0 Å².